The van der Waals surface area contributed by atoms with Gasteiger partial charge in [0.2, 0.25) is 0 Å². The number of carboxylic acids is 1. The highest BCUT2D eigenvalue weighted by Gasteiger charge is 2.16. The van der Waals surface area contributed by atoms with Crippen LogP contribution in [0.3, 0.4) is 0 Å². The van der Waals surface area contributed by atoms with E-state index in [0.717, 1.165) is 17.6 Å². The molecule has 1 aromatic carbocycles. The van der Waals surface area contributed by atoms with E-state index < -0.39 is 5.97 Å². The number of benzene rings is 1. The summed E-state index contributed by atoms with van der Waals surface area (Å²) >= 11 is 7.31. The first-order valence-corrected chi connectivity index (χ1v) is 7.91. The summed E-state index contributed by atoms with van der Waals surface area (Å²) in [6.45, 7) is 2.84. The Labute approximate surface area is 132 Å². The molecule has 0 bridgehead atoms. The van der Waals surface area contributed by atoms with Crippen molar-refractivity contribution < 1.29 is 9.90 Å². The molecular weight excluding hydrogens is 310 g/mol. The van der Waals surface area contributed by atoms with Crippen molar-refractivity contribution >= 4 is 40.4 Å². The summed E-state index contributed by atoms with van der Waals surface area (Å²) in [5.41, 5.74) is 1.77. The fraction of sp³-hybridized carbons (Fsp3) is 0.429. The number of hydrogen-bond acceptors (Lipinski definition) is 4. The first-order chi connectivity index (χ1) is 9.88. The summed E-state index contributed by atoms with van der Waals surface area (Å²) in [7, 11) is 4.03. The van der Waals surface area contributed by atoms with Crippen LogP contribution < -0.4 is 0 Å². The standard InChI is InChI=1S/C14H18ClN3O2S/c1-9(17(2)3)7-18-12-6-10(15)4-5-11(12)16-14(18)21-8-13(19)20/h4-6,9H,7-8H2,1-3H3,(H,19,20). The molecule has 0 amide bonds. The number of fused-ring (bicyclic) bond motifs is 1. The summed E-state index contributed by atoms with van der Waals surface area (Å²) in [6.07, 6.45) is 0. The number of halogens is 1. The minimum atomic E-state index is -0.850. The van der Waals surface area contributed by atoms with E-state index >= 15 is 0 Å². The normalized spacial score (nSPS) is 13.0. The van der Waals surface area contributed by atoms with Crippen molar-refractivity contribution in [3.05, 3.63) is 23.2 Å². The van der Waals surface area contributed by atoms with Crippen LogP contribution in [0.15, 0.2) is 23.4 Å². The third-order valence-electron chi connectivity index (χ3n) is 3.33. The Morgan fingerprint density at radius 2 is 2.24 bits per heavy atom. The van der Waals surface area contributed by atoms with Crippen LogP contribution in [-0.2, 0) is 11.3 Å². The Morgan fingerprint density at radius 3 is 2.86 bits per heavy atom. The summed E-state index contributed by atoms with van der Waals surface area (Å²) in [6, 6.07) is 5.82. The third-order valence-corrected chi connectivity index (χ3v) is 4.52. The first-order valence-electron chi connectivity index (χ1n) is 6.55. The molecule has 0 saturated heterocycles. The van der Waals surface area contributed by atoms with Crippen molar-refractivity contribution in [1.29, 1.82) is 0 Å². The summed E-state index contributed by atoms with van der Waals surface area (Å²) in [5, 5.41) is 10.2. The number of carbonyl (C=O) groups is 1. The number of imidazole rings is 1. The molecule has 1 heterocycles. The lowest BCUT2D eigenvalue weighted by atomic mass is 10.3. The number of rotatable bonds is 6. The predicted octanol–water partition coefficient (Wildman–Crippen LogP) is 2.82. The molecule has 114 valence electrons. The van der Waals surface area contributed by atoms with Gasteiger partial charge in [-0.25, -0.2) is 4.98 Å². The number of aliphatic carboxylic acids is 1. The third kappa shape index (κ3) is 3.90. The van der Waals surface area contributed by atoms with E-state index in [-0.39, 0.29) is 5.75 Å². The molecule has 2 aromatic rings. The predicted molar refractivity (Wildman–Crippen MR) is 86.3 cm³/mol. The molecule has 0 aliphatic carbocycles. The van der Waals surface area contributed by atoms with Gasteiger partial charge < -0.3 is 14.6 Å². The van der Waals surface area contributed by atoms with Gasteiger partial charge >= 0.3 is 5.97 Å². The van der Waals surface area contributed by atoms with Gasteiger partial charge in [-0.2, -0.15) is 0 Å². The number of hydrogen-bond donors (Lipinski definition) is 1. The number of aromatic nitrogens is 2. The van der Waals surface area contributed by atoms with E-state index in [1.807, 2.05) is 30.8 Å². The van der Waals surface area contributed by atoms with Gasteiger partial charge in [0, 0.05) is 17.6 Å². The second-order valence-corrected chi connectivity index (χ2v) is 6.51. The van der Waals surface area contributed by atoms with Crippen molar-refractivity contribution in [2.45, 2.75) is 24.7 Å². The van der Waals surface area contributed by atoms with E-state index in [4.69, 9.17) is 16.7 Å². The van der Waals surface area contributed by atoms with Crippen molar-refractivity contribution in [3.8, 4) is 0 Å². The zero-order valence-corrected chi connectivity index (χ0v) is 13.8. The summed E-state index contributed by atoms with van der Waals surface area (Å²) < 4.78 is 2.04. The average Bonchev–Trinajstić information content (AvgIpc) is 2.74. The minimum absolute atomic E-state index is 0.00655. The number of nitrogens with zero attached hydrogens (tertiary/aromatic N) is 3. The van der Waals surface area contributed by atoms with Crippen molar-refractivity contribution in [3.63, 3.8) is 0 Å². The van der Waals surface area contributed by atoms with Crippen molar-refractivity contribution in [2.24, 2.45) is 0 Å². The van der Waals surface area contributed by atoms with Gasteiger partial charge in [0.25, 0.3) is 0 Å². The summed E-state index contributed by atoms with van der Waals surface area (Å²) in [5.74, 6) is -0.856. The van der Waals surface area contributed by atoms with Gasteiger partial charge in [0.15, 0.2) is 5.16 Å². The molecule has 1 atom stereocenters. The maximum absolute atomic E-state index is 10.8. The zero-order chi connectivity index (χ0) is 15.6. The van der Waals surface area contributed by atoms with E-state index in [0.29, 0.717) is 16.2 Å². The number of likely N-dealkylation sites (N-methyl/N-ethyl adjacent to an activating group) is 1. The molecule has 7 heteroatoms. The molecule has 0 aliphatic rings. The van der Waals surface area contributed by atoms with Crippen LogP contribution in [0.4, 0.5) is 0 Å². The molecule has 1 N–H and O–H groups in total. The summed E-state index contributed by atoms with van der Waals surface area (Å²) in [4.78, 5) is 17.4. The first kappa shape index (κ1) is 16.1. The van der Waals surface area contributed by atoms with Crippen LogP contribution in [0, 0.1) is 0 Å². The lowest BCUT2D eigenvalue weighted by Crippen LogP contribution is -2.29. The quantitative estimate of drug-likeness (QED) is 0.827. The zero-order valence-electron chi connectivity index (χ0n) is 12.2. The molecule has 0 spiro atoms. The molecule has 1 unspecified atom stereocenters. The fourth-order valence-electron chi connectivity index (χ4n) is 1.91. The second kappa shape index (κ2) is 6.68. The van der Waals surface area contributed by atoms with Crippen LogP contribution in [0.5, 0.6) is 0 Å². The molecule has 21 heavy (non-hydrogen) atoms. The molecule has 1 aromatic heterocycles. The maximum Gasteiger partial charge on any atom is 0.313 e. The maximum atomic E-state index is 10.8. The smallest absolute Gasteiger partial charge is 0.313 e. The monoisotopic (exact) mass is 327 g/mol. The number of thioether (sulfide) groups is 1. The molecule has 0 saturated carbocycles. The van der Waals surface area contributed by atoms with Crippen LogP contribution in [0.1, 0.15) is 6.92 Å². The molecular formula is C14H18ClN3O2S. The van der Waals surface area contributed by atoms with Crippen LogP contribution >= 0.6 is 23.4 Å². The molecule has 0 radical (unpaired) electrons. The molecule has 0 aliphatic heterocycles. The van der Waals surface area contributed by atoms with E-state index in [1.54, 1.807) is 6.07 Å². The van der Waals surface area contributed by atoms with Crippen LogP contribution in [0.25, 0.3) is 11.0 Å². The Bertz CT molecular complexity index is 657. The van der Waals surface area contributed by atoms with E-state index in [2.05, 4.69) is 16.8 Å². The van der Waals surface area contributed by atoms with Crippen LogP contribution in [-0.4, -0.2) is 51.4 Å². The van der Waals surface area contributed by atoms with Crippen molar-refractivity contribution in [2.75, 3.05) is 19.8 Å². The van der Waals surface area contributed by atoms with Gasteiger partial charge in [0.1, 0.15) is 0 Å². The molecule has 2 rings (SSSR count). The number of carboxylic acid groups (broad SMARTS) is 1. The van der Waals surface area contributed by atoms with Gasteiger partial charge in [-0.15, -0.1) is 0 Å². The SMILES string of the molecule is CC(Cn1c(SCC(=O)O)nc2ccc(Cl)cc21)N(C)C. The highest BCUT2D eigenvalue weighted by molar-refractivity contribution is 7.99. The average molecular weight is 328 g/mol. The Balaban J connectivity index is 2.42. The topological polar surface area (TPSA) is 58.4 Å². The highest BCUT2D eigenvalue weighted by Crippen LogP contribution is 2.27. The van der Waals surface area contributed by atoms with Gasteiger partial charge in [-0.05, 0) is 39.2 Å². The van der Waals surface area contributed by atoms with Gasteiger partial charge in [0.05, 0.1) is 16.8 Å². The largest absolute Gasteiger partial charge is 0.481 e. The van der Waals surface area contributed by atoms with Crippen molar-refractivity contribution in [1.82, 2.24) is 14.5 Å². The Morgan fingerprint density at radius 1 is 1.52 bits per heavy atom. The van der Waals surface area contributed by atoms with Crippen LogP contribution in [0.2, 0.25) is 5.02 Å². The Hall–Kier alpha value is -1.24. The Kier molecular flexibility index (Phi) is 5.13. The highest BCUT2D eigenvalue weighted by atomic mass is 35.5. The second-order valence-electron chi connectivity index (χ2n) is 5.13. The fourth-order valence-corrected chi connectivity index (χ4v) is 2.82. The van der Waals surface area contributed by atoms with E-state index in [9.17, 15) is 4.79 Å². The van der Waals surface area contributed by atoms with Gasteiger partial charge in [-0.3, -0.25) is 4.79 Å². The molecule has 5 nitrogen and oxygen atoms in total. The van der Waals surface area contributed by atoms with E-state index in [1.165, 1.54) is 11.8 Å². The minimum Gasteiger partial charge on any atom is -0.481 e. The lowest BCUT2D eigenvalue weighted by molar-refractivity contribution is -0.133. The van der Waals surface area contributed by atoms with Gasteiger partial charge in [-0.1, -0.05) is 23.4 Å². The molecule has 0 fully saturated rings. The lowest BCUT2D eigenvalue weighted by Gasteiger charge is -2.21.